The minimum atomic E-state index is 0.0255. The van der Waals surface area contributed by atoms with E-state index in [1.807, 2.05) is 25.2 Å². The zero-order chi connectivity index (χ0) is 17.6. The molecular weight excluding hydrogens is 314 g/mol. The van der Waals surface area contributed by atoms with Crippen molar-refractivity contribution >= 4 is 5.82 Å². The number of unbranched alkanes of at least 4 members (excludes halogenated alkanes) is 1. The van der Waals surface area contributed by atoms with Gasteiger partial charge in [0.05, 0.1) is 18.0 Å². The highest BCUT2D eigenvalue weighted by Gasteiger charge is 2.24. The summed E-state index contributed by atoms with van der Waals surface area (Å²) in [5, 5.41) is 7.74. The Morgan fingerprint density at radius 2 is 2.24 bits per heavy atom. The highest BCUT2D eigenvalue weighted by Crippen LogP contribution is 2.23. The van der Waals surface area contributed by atoms with Crippen LogP contribution in [0.3, 0.4) is 0 Å². The number of pyridine rings is 1. The first kappa shape index (κ1) is 17.9. The number of aromatic nitrogens is 3. The average molecular weight is 343 g/mol. The molecule has 0 bridgehead atoms. The fourth-order valence-corrected chi connectivity index (χ4v) is 3.18. The standard InChI is InChI=1S/C19H29N5O/c1-4-5-9-24-13-16(15(2)22-24)12-23-10-11-25-18(14-23)17-7-6-8-19(20-3)21-17/h6-8,13,18H,4-5,9-12,14H2,1-3H3,(H,20,21)/t18-/m0/s1. The minimum Gasteiger partial charge on any atom is -0.373 e. The van der Waals surface area contributed by atoms with Crippen LogP contribution in [0.1, 0.15) is 42.8 Å². The molecule has 0 radical (unpaired) electrons. The van der Waals surface area contributed by atoms with Gasteiger partial charge in [-0.15, -0.1) is 0 Å². The molecule has 1 saturated heterocycles. The monoisotopic (exact) mass is 343 g/mol. The number of morpholine rings is 1. The Bertz CT molecular complexity index is 684. The number of aryl methyl sites for hydroxylation is 2. The van der Waals surface area contributed by atoms with Gasteiger partial charge in [-0.3, -0.25) is 9.58 Å². The predicted octanol–water partition coefficient (Wildman–Crippen LogP) is 3.00. The molecule has 1 aliphatic rings. The van der Waals surface area contributed by atoms with Crippen LogP contribution in [0.4, 0.5) is 5.82 Å². The summed E-state index contributed by atoms with van der Waals surface area (Å²) in [6, 6.07) is 6.04. The summed E-state index contributed by atoms with van der Waals surface area (Å²) >= 11 is 0. The molecule has 1 N–H and O–H groups in total. The van der Waals surface area contributed by atoms with Crippen LogP contribution in [-0.2, 0) is 17.8 Å². The van der Waals surface area contributed by atoms with Crippen molar-refractivity contribution in [2.45, 2.75) is 45.9 Å². The SMILES string of the molecule is CCCCn1cc(CN2CCO[C@H](c3cccc(NC)n3)C2)c(C)n1. The highest BCUT2D eigenvalue weighted by molar-refractivity contribution is 5.34. The molecule has 3 heterocycles. The largest absolute Gasteiger partial charge is 0.373 e. The van der Waals surface area contributed by atoms with Gasteiger partial charge in [-0.1, -0.05) is 19.4 Å². The van der Waals surface area contributed by atoms with Crippen LogP contribution in [0.2, 0.25) is 0 Å². The molecule has 1 aliphatic heterocycles. The summed E-state index contributed by atoms with van der Waals surface area (Å²) in [4.78, 5) is 7.07. The second-order valence-electron chi connectivity index (χ2n) is 6.65. The maximum absolute atomic E-state index is 5.97. The number of nitrogens with one attached hydrogen (secondary N) is 1. The van der Waals surface area contributed by atoms with Gasteiger partial charge in [0.2, 0.25) is 0 Å². The lowest BCUT2D eigenvalue weighted by atomic mass is 10.1. The summed E-state index contributed by atoms with van der Waals surface area (Å²) in [6.07, 6.45) is 4.60. The molecule has 6 heteroatoms. The summed E-state index contributed by atoms with van der Waals surface area (Å²) in [5.41, 5.74) is 3.44. The first-order chi connectivity index (χ1) is 12.2. The van der Waals surface area contributed by atoms with E-state index in [2.05, 4.69) is 45.0 Å². The Kier molecular flexibility index (Phi) is 6.04. The number of ether oxygens (including phenoxy) is 1. The lowest BCUT2D eigenvalue weighted by Gasteiger charge is -2.32. The molecule has 6 nitrogen and oxygen atoms in total. The number of hydrogen-bond acceptors (Lipinski definition) is 5. The fraction of sp³-hybridized carbons (Fsp3) is 0.579. The highest BCUT2D eigenvalue weighted by atomic mass is 16.5. The van der Waals surface area contributed by atoms with E-state index >= 15 is 0 Å². The Morgan fingerprint density at radius 1 is 1.36 bits per heavy atom. The third kappa shape index (κ3) is 4.58. The van der Waals surface area contributed by atoms with Crippen LogP contribution >= 0.6 is 0 Å². The smallest absolute Gasteiger partial charge is 0.126 e. The maximum Gasteiger partial charge on any atom is 0.126 e. The zero-order valence-corrected chi connectivity index (χ0v) is 15.5. The van der Waals surface area contributed by atoms with Gasteiger partial charge in [-0.05, 0) is 25.5 Å². The molecule has 136 valence electrons. The van der Waals surface area contributed by atoms with Gasteiger partial charge in [0.1, 0.15) is 11.9 Å². The third-order valence-electron chi connectivity index (χ3n) is 4.69. The number of rotatable bonds is 7. The number of anilines is 1. The van der Waals surface area contributed by atoms with Crippen LogP contribution < -0.4 is 5.32 Å². The molecular formula is C19H29N5O. The fourth-order valence-electron chi connectivity index (χ4n) is 3.18. The van der Waals surface area contributed by atoms with E-state index in [4.69, 9.17) is 4.74 Å². The molecule has 0 aromatic carbocycles. The van der Waals surface area contributed by atoms with Crippen molar-refractivity contribution in [2.24, 2.45) is 0 Å². The Hall–Kier alpha value is -1.92. The van der Waals surface area contributed by atoms with Crippen LogP contribution in [-0.4, -0.2) is 46.4 Å². The first-order valence-corrected chi connectivity index (χ1v) is 9.21. The van der Waals surface area contributed by atoms with Crippen LogP contribution in [0.15, 0.2) is 24.4 Å². The van der Waals surface area contributed by atoms with Crippen molar-refractivity contribution in [3.8, 4) is 0 Å². The zero-order valence-electron chi connectivity index (χ0n) is 15.5. The lowest BCUT2D eigenvalue weighted by molar-refractivity contribution is -0.0349. The van der Waals surface area contributed by atoms with E-state index in [9.17, 15) is 0 Å². The van der Waals surface area contributed by atoms with Gasteiger partial charge in [0.25, 0.3) is 0 Å². The van der Waals surface area contributed by atoms with Crippen molar-refractivity contribution in [1.29, 1.82) is 0 Å². The second-order valence-corrected chi connectivity index (χ2v) is 6.65. The molecule has 1 atom stereocenters. The van der Waals surface area contributed by atoms with Crippen LogP contribution in [0.25, 0.3) is 0 Å². The van der Waals surface area contributed by atoms with Gasteiger partial charge in [-0.2, -0.15) is 5.10 Å². The van der Waals surface area contributed by atoms with Crippen molar-refractivity contribution in [1.82, 2.24) is 19.7 Å². The van der Waals surface area contributed by atoms with E-state index in [0.29, 0.717) is 0 Å². The van der Waals surface area contributed by atoms with Crippen LogP contribution in [0, 0.1) is 6.92 Å². The Morgan fingerprint density at radius 3 is 3.04 bits per heavy atom. The molecule has 0 unspecified atom stereocenters. The van der Waals surface area contributed by atoms with Crippen molar-refractivity contribution in [3.63, 3.8) is 0 Å². The van der Waals surface area contributed by atoms with E-state index in [-0.39, 0.29) is 6.10 Å². The summed E-state index contributed by atoms with van der Waals surface area (Å²) in [7, 11) is 1.89. The third-order valence-corrected chi connectivity index (χ3v) is 4.69. The molecule has 3 rings (SSSR count). The molecule has 0 amide bonds. The molecule has 0 spiro atoms. The van der Waals surface area contributed by atoms with E-state index < -0.39 is 0 Å². The van der Waals surface area contributed by atoms with Gasteiger partial charge >= 0.3 is 0 Å². The first-order valence-electron chi connectivity index (χ1n) is 9.21. The van der Waals surface area contributed by atoms with E-state index in [1.54, 1.807) is 0 Å². The number of hydrogen-bond donors (Lipinski definition) is 1. The van der Waals surface area contributed by atoms with E-state index in [1.165, 1.54) is 18.4 Å². The van der Waals surface area contributed by atoms with Crippen molar-refractivity contribution in [3.05, 3.63) is 41.3 Å². The van der Waals surface area contributed by atoms with Gasteiger partial charge in [-0.25, -0.2) is 4.98 Å². The summed E-state index contributed by atoms with van der Waals surface area (Å²) in [5.74, 6) is 0.881. The van der Waals surface area contributed by atoms with Crippen LogP contribution in [0.5, 0.6) is 0 Å². The van der Waals surface area contributed by atoms with Gasteiger partial charge < -0.3 is 10.1 Å². The van der Waals surface area contributed by atoms with Crippen molar-refractivity contribution < 1.29 is 4.74 Å². The molecule has 2 aromatic heterocycles. The Labute approximate surface area is 150 Å². The predicted molar refractivity (Wildman–Crippen MR) is 99.6 cm³/mol. The molecule has 1 fully saturated rings. The topological polar surface area (TPSA) is 55.2 Å². The van der Waals surface area contributed by atoms with Crippen molar-refractivity contribution in [2.75, 3.05) is 32.1 Å². The molecule has 0 aliphatic carbocycles. The number of nitrogens with zero attached hydrogens (tertiary/aromatic N) is 4. The maximum atomic E-state index is 5.97. The van der Waals surface area contributed by atoms with E-state index in [0.717, 1.165) is 50.0 Å². The molecule has 0 saturated carbocycles. The summed E-state index contributed by atoms with van der Waals surface area (Å²) < 4.78 is 8.05. The Balaban J connectivity index is 1.64. The molecule has 25 heavy (non-hydrogen) atoms. The second kappa shape index (κ2) is 8.45. The molecule has 2 aromatic rings. The van der Waals surface area contributed by atoms with Gasteiger partial charge in [0, 0.05) is 45.0 Å². The minimum absolute atomic E-state index is 0.0255. The van der Waals surface area contributed by atoms with Gasteiger partial charge in [0.15, 0.2) is 0 Å². The quantitative estimate of drug-likeness (QED) is 0.837. The summed E-state index contributed by atoms with van der Waals surface area (Å²) in [6.45, 7) is 8.78. The average Bonchev–Trinajstić information content (AvgIpc) is 2.99. The lowest BCUT2D eigenvalue weighted by Crippen LogP contribution is -2.38. The normalized spacial score (nSPS) is 18.4.